The first kappa shape index (κ1) is 21.5. The van der Waals surface area contributed by atoms with Crippen LogP contribution in [0.4, 0.5) is 0 Å². The Morgan fingerprint density at radius 1 is 1.11 bits per heavy atom. The minimum atomic E-state index is -3.89. The third-order valence-electron chi connectivity index (χ3n) is 4.22. The highest BCUT2D eigenvalue weighted by Gasteiger charge is 2.21. The molecule has 0 N–H and O–H groups in total. The maximum atomic E-state index is 12.8. The predicted octanol–water partition coefficient (Wildman–Crippen LogP) is 4.91. The van der Waals surface area contributed by atoms with Gasteiger partial charge in [0.15, 0.2) is 11.5 Å². The van der Waals surface area contributed by atoms with E-state index >= 15 is 0 Å². The molecule has 148 valence electrons. The average molecular weight is 400 g/mol. The lowest BCUT2D eigenvalue weighted by Gasteiger charge is -2.11. The molecule has 2 aromatic rings. The highest BCUT2D eigenvalue weighted by atomic mass is 32.2. The predicted molar refractivity (Wildman–Crippen MR) is 110 cm³/mol. The smallest absolute Gasteiger partial charge is 0.216 e. The average Bonchev–Trinajstić information content (AvgIpc) is 2.70. The molecular weight excluding hydrogens is 374 g/mol. The maximum Gasteiger partial charge on any atom is 0.216 e. The molecule has 5 nitrogen and oxygen atoms in total. The number of hydrogen-bond acceptors (Lipinski definition) is 5. The minimum absolute atomic E-state index is 0.0914. The molecule has 0 aliphatic rings. The summed E-state index contributed by atoms with van der Waals surface area (Å²) in [5, 5.41) is 9.43. The van der Waals surface area contributed by atoms with Gasteiger partial charge in [0.05, 0.1) is 18.6 Å². The molecule has 0 atom stereocenters. The van der Waals surface area contributed by atoms with E-state index in [0.29, 0.717) is 23.7 Å². The number of methoxy groups -OCH3 is 1. The van der Waals surface area contributed by atoms with Gasteiger partial charge in [0.25, 0.3) is 0 Å². The summed E-state index contributed by atoms with van der Waals surface area (Å²) in [4.78, 5) is -0.233. The van der Waals surface area contributed by atoms with Gasteiger partial charge in [-0.15, -0.1) is 0 Å². The molecule has 2 rings (SSSR count). The fraction of sp³-hybridized carbons (Fsp3) is 0.318. The highest BCUT2D eigenvalue weighted by Crippen LogP contribution is 2.30. The van der Waals surface area contributed by atoms with Gasteiger partial charge in [-0.1, -0.05) is 43.5 Å². The highest BCUT2D eigenvalue weighted by molar-refractivity contribution is 7.95. The molecule has 0 spiro atoms. The molecule has 2 aromatic carbocycles. The molecule has 0 saturated carbocycles. The maximum absolute atomic E-state index is 12.8. The van der Waals surface area contributed by atoms with E-state index in [2.05, 4.69) is 6.92 Å². The van der Waals surface area contributed by atoms with Crippen molar-refractivity contribution in [2.45, 2.75) is 38.0 Å². The number of nitrogens with zero attached hydrogens (tertiary/aromatic N) is 1. The van der Waals surface area contributed by atoms with Crippen LogP contribution in [0.3, 0.4) is 0 Å². The summed E-state index contributed by atoms with van der Waals surface area (Å²) in [5.74, 6) is 1.09. The van der Waals surface area contributed by atoms with Gasteiger partial charge in [-0.3, -0.25) is 0 Å². The van der Waals surface area contributed by atoms with Gasteiger partial charge in [0.2, 0.25) is 9.84 Å². The lowest BCUT2D eigenvalue weighted by molar-refractivity contribution is 0.286. The normalized spacial score (nSPS) is 11.7. The van der Waals surface area contributed by atoms with E-state index in [1.54, 1.807) is 36.4 Å². The van der Waals surface area contributed by atoms with E-state index in [1.807, 2.05) is 6.92 Å². The van der Waals surface area contributed by atoms with Crippen molar-refractivity contribution in [1.29, 1.82) is 5.26 Å². The standard InChI is InChI=1S/C22H25NO4S/c1-4-5-6-13-27-21-12-9-18(15-22(21)26-3)14-20(16-23)28(24,25)19-10-7-17(2)8-11-19/h7-12,14-15H,4-6,13H2,1-3H3. The van der Waals surface area contributed by atoms with Gasteiger partial charge in [-0.2, -0.15) is 5.26 Å². The Morgan fingerprint density at radius 3 is 2.43 bits per heavy atom. The first-order valence-electron chi connectivity index (χ1n) is 9.16. The lowest BCUT2D eigenvalue weighted by atomic mass is 10.2. The lowest BCUT2D eigenvalue weighted by Crippen LogP contribution is -2.03. The molecule has 0 fully saturated rings. The molecule has 0 aliphatic carbocycles. The third kappa shape index (κ3) is 5.37. The van der Waals surface area contributed by atoms with Gasteiger partial charge < -0.3 is 9.47 Å². The van der Waals surface area contributed by atoms with Crippen LogP contribution in [-0.2, 0) is 9.84 Å². The van der Waals surface area contributed by atoms with Gasteiger partial charge >= 0.3 is 0 Å². The number of unbranched alkanes of at least 4 members (excludes halogenated alkanes) is 2. The molecule has 0 unspecified atom stereocenters. The Kier molecular flexibility index (Phi) is 7.65. The van der Waals surface area contributed by atoms with E-state index in [4.69, 9.17) is 9.47 Å². The zero-order valence-corrected chi connectivity index (χ0v) is 17.3. The third-order valence-corrected chi connectivity index (χ3v) is 5.90. The van der Waals surface area contributed by atoms with Crippen LogP contribution >= 0.6 is 0 Å². The van der Waals surface area contributed by atoms with Crippen molar-refractivity contribution < 1.29 is 17.9 Å². The van der Waals surface area contributed by atoms with E-state index in [9.17, 15) is 13.7 Å². The van der Waals surface area contributed by atoms with Gasteiger partial charge in [0, 0.05) is 0 Å². The summed E-state index contributed by atoms with van der Waals surface area (Å²) in [6, 6.07) is 13.3. The van der Waals surface area contributed by atoms with Crippen LogP contribution in [0.25, 0.3) is 6.08 Å². The van der Waals surface area contributed by atoms with Crippen molar-refractivity contribution in [3.05, 3.63) is 58.5 Å². The first-order valence-corrected chi connectivity index (χ1v) is 10.6. The number of rotatable bonds is 9. The Hall–Kier alpha value is -2.78. The van der Waals surface area contributed by atoms with Gasteiger partial charge in [-0.05, 0) is 49.2 Å². The summed E-state index contributed by atoms with van der Waals surface area (Å²) in [6.07, 6.45) is 4.50. The van der Waals surface area contributed by atoms with Crippen LogP contribution < -0.4 is 9.47 Å². The van der Waals surface area contributed by atoms with Crippen molar-refractivity contribution in [1.82, 2.24) is 0 Å². The Labute approximate surface area is 167 Å². The second-order valence-electron chi connectivity index (χ2n) is 6.40. The number of benzene rings is 2. The van der Waals surface area contributed by atoms with Gasteiger partial charge in [0.1, 0.15) is 11.0 Å². The topological polar surface area (TPSA) is 76.4 Å². The molecule has 28 heavy (non-hydrogen) atoms. The molecule has 0 bridgehead atoms. The Balaban J connectivity index is 2.31. The number of aryl methyl sites for hydroxylation is 1. The van der Waals surface area contributed by atoms with Crippen LogP contribution in [0.1, 0.15) is 37.3 Å². The Bertz CT molecular complexity index is 971. The summed E-state index contributed by atoms with van der Waals surface area (Å²) in [7, 11) is -2.36. The van der Waals surface area contributed by atoms with E-state index in [0.717, 1.165) is 24.8 Å². The molecule has 0 heterocycles. The fourth-order valence-corrected chi connectivity index (χ4v) is 3.75. The molecular formula is C22H25NO4S. The van der Waals surface area contributed by atoms with Crippen molar-refractivity contribution >= 4 is 15.9 Å². The molecule has 0 aromatic heterocycles. The monoisotopic (exact) mass is 399 g/mol. The van der Waals surface area contributed by atoms with Crippen LogP contribution in [0.5, 0.6) is 11.5 Å². The second kappa shape index (κ2) is 9.95. The van der Waals surface area contributed by atoms with E-state index in [1.165, 1.54) is 25.3 Å². The fourth-order valence-electron chi connectivity index (χ4n) is 2.59. The molecule has 0 aliphatic heterocycles. The number of sulfone groups is 1. The SMILES string of the molecule is CCCCCOc1ccc(C=C(C#N)S(=O)(=O)c2ccc(C)cc2)cc1OC. The molecule has 0 saturated heterocycles. The van der Waals surface area contributed by atoms with E-state index < -0.39 is 9.84 Å². The largest absolute Gasteiger partial charge is 0.493 e. The Morgan fingerprint density at radius 2 is 1.82 bits per heavy atom. The first-order chi connectivity index (χ1) is 13.4. The zero-order chi connectivity index (χ0) is 20.6. The number of ether oxygens (including phenoxy) is 2. The van der Waals surface area contributed by atoms with Crippen LogP contribution in [0.15, 0.2) is 52.3 Å². The number of nitriles is 1. The van der Waals surface area contributed by atoms with Crippen molar-refractivity contribution in [2.24, 2.45) is 0 Å². The summed E-state index contributed by atoms with van der Waals surface area (Å²) in [6.45, 7) is 4.58. The molecule has 6 heteroatoms. The van der Waals surface area contributed by atoms with Gasteiger partial charge in [-0.25, -0.2) is 8.42 Å². The zero-order valence-electron chi connectivity index (χ0n) is 16.4. The van der Waals surface area contributed by atoms with Crippen LogP contribution in [0.2, 0.25) is 0 Å². The summed E-state index contributed by atoms with van der Waals surface area (Å²) in [5.41, 5.74) is 1.49. The van der Waals surface area contributed by atoms with Crippen molar-refractivity contribution in [2.75, 3.05) is 13.7 Å². The van der Waals surface area contributed by atoms with Crippen LogP contribution in [-0.4, -0.2) is 22.1 Å². The number of allylic oxidation sites excluding steroid dienone is 1. The second-order valence-corrected chi connectivity index (χ2v) is 8.32. The van der Waals surface area contributed by atoms with E-state index in [-0.39, 0.29) is 9.80 Å². The minimum Gasteiger partial charge on any atom is -0.493 e. The van der Waals surface area contributed by atoms with Crippen molar-refractivity contribution in [3.8, 4) is 17.6 Å². The molecule has 0 radical (unpaired) electrons. The quantitative estimate of drug-likeness (QED) is 0.442. The summed E-state index contributed by atoms with van der Waals surface area (Å²) < 4.78 is 36.6. The molecule has 0 amide bonds. The number of hydrogen-bond donors (Lipinski definition) is 0. The van der Waals surface area contributed by atoms with Crippen LogP contribution in [0, 0.1) is 18.3 Å². The van der Waals surface area contributed by atoms with Crippen molar-refractivity contribution in [3.63, 3.8) is 0 Å². The summed E-state index contributed by atoms with van der Waals surface area (Å²) >= 11 is 0.